The molecule has 2 atom stereocenters. The molecule has 0 saturated heterocycles. The van der Waals surface area contributed by atoms with E-state index in [0.717, 1.165) is 24.8 Å². The van der Waals surface area contributed by atoms with Crippen LogP contribution in [0.2, 0.25) is 0 Å². The molecule has 1 heterocycles. The highest BCUT2D eigenvalue weighted by Crippen LogP contribution is 2.27. The summed E-state index contributed by atoms with van der Waals surface area (Å²) < 4.78 is 11.3. The number of nitrogens with zero attached hydrogens (tertiary/aromatic N) is 2. The average Bonchev–Trinajstić information content (AvgIpc) is 2.70. The van der Waals surface area contributed by atoms with E-state index in [2.05, 4.69) is 9.97 Å². The first-order chi connectivity index (χ1) is 8.20. The van der Waals surface area contributed by atoms with Crippen LogP contribution in [0.15, 0.2) is 6.33 Å². The van der Waals surface area contributed by atoms with E-state index in [0.29, 0.717) is 18.4 Å². The first-order valence-corrected chi connectivity index (χ1v) is 6.07. The highest BCUT2D eigenvalue weighted by Gasteiger charge is 2.24. The Morgan fingerprint density at radius 1 is 1.35 bits per heavy atom. The lowest BCUT2D eigenvalue weighted by Crippen LogP contribution is -2.19. The number of hydrogen-bond donors (Lipinski definition) is 1. The zero-order valence-corrected chi connectivity index (χ0v) is 10.3. The highest BCUT2D eigenvalue weighted by atomic mass is 16.5. The predicted octanol–water partition coefficient (Wildman–Crippen LogP) is 1.44. The molecule has 5 nitrogen and oxygen atoms in total. The minimum Gasteiger partial charge on any atom is -0.478 e. The summed E-state index contributed by atoms with van der Waals surface area (Å²) in [5, 5.41) is 0. The molecule has 0 bridgehead atoms. The molecule has 1 aliphatic rings. The molecule has 0 aliphatic heterocycles. The van der Waals surface area contributed by atoms with Gasteiger partial charge in [-0.25, -0.2) is 9.97 Å². The Balaban J connectivity index is 2.07. The standard InChI is InChI=1S/C12H19N3O2/c1-3-16-11-8(2)12(15-7-14-11)17-10-5-4-9(13)6-10/h7,9-10H,3-6,13H2,1-2H3. The Morgan fingerprint density at radius 3 is 2.76 bits per heavy atom. The van der Waals surface area contributed by atoms with Crippen molar-refractivity contribution in [3.8, 4) is 11.8 Å². The average molecular weight is 237 g/mol. The first kappa shape index (κ1) is 12.1. The van der Waals surface area contributed by atoms with Gasteiger partial charge in [-0.15, -0.1) is 0 Å². The van der Waals surface area contributed by atoms with Crippen LogP contribution in [-0.2, 0) is 0 Å². The van der Waals surface area contributed by atoms with E-state index in [1.54, 1.807) is 0 Å². The van der Waals surface area contributed by atoms with Crippen molar-refractivity contribution in [2.24, 2.45) is 5.73 Å². The zero-order chi connectivity index (χ0) is 12.3. The van der Waals surface area contributed by atoms with Gasteiger partial charge in [-0.1, -0.05) is 0 Å². The minimum absolute atomic E-state index is 0.174. The molecule has 1 aromatic heterocycles. The summed E-state index contributed by atoms with van der Waals surface area (Å²) in [5.41, 5.74) is 6.71. The van der Waals surface area contributed by atoms with Crippen LogP contribution in [0, 0.1) is 6.92 Å². The van der Waals surface area contributed by atoms with E-state index in [1.165, 1.54) is 6.33 Å². The Bertz CT molecular complexity index is 384. The van der Waals surface area contributed by atoms with Gasteiger partial charge in [-0.05, 0) is 33.1 Å². The van der Waals surface area contributed by atoms with Crippen LogP contribution in [-0.4, -0.2) is 28.7 Å². The van der Waals surface area contributed by atoms with E-state index < -0.39 is 0 Å². The van der Waals surface area contributed by atoms with Gasteiger partial charge in [0.15, 0.2) is 0 Å². The Kier molecular flexibility index (Phi) is 3.78. The fourth-order valence-corrected chi connectivity index (χ4v) is 2.06. The molecule has 2 N–H and O–H groups in total. The maximum Gasteiger partial charge on any atom is 0.223 e. The van der Waals surface area contributed by atoms with Gasteiger partial charge >= 0.3 is 0 Å². The Labute approximate surface area is 101 Å². The molecule has 2 unspecified atom stereocenters. The van der Waals surface area contributed by atoms with Crippen molar-refractivity contribution < 1.29 is 9.47 Å². The molecule has 0 radical (unpaired) electrons. The number of aromatic nitrogens is 2. The summed E-state index contributed by atoms with van der Waals surface area (Å²) in [6.45, 7) is 4.43. The second-order valence-corrected chi connectivity index (χ2v) is 4.35. The number of ether oxygens (including phenoxy) is 2. The second kappa shape index (κ2) is 5.31. The van der Waals surface area contributed by atoms with Gasteiger partial charge in [0.05, 0.1) is 12.2 Å². The molecule has 5 heteroatoms. The number of rotatable bonds is 4. The van der Waals surface area contributed by atoms with Gasteiger partial charge in [0, 0.05) is 6.04 Å². The van der Waals surface area contributed by atoms with Crippen LogP contribution in [0.4, 0.5) is 0 Å². The van der Waals surface area contributed by atoms with Crippen LogP contribution in [0.5, 0.6) is 11.8 Å². The molecule has 0 aromatic carbocycles. The number of hydrogen-bond acceptors (Lipinski definition) is 5. The van der Waals surface area contributed by atoms with E-state index in [9.17, 15) is 0 Å². The van der Waals surface area contributed by atoms with E-state index in [-0.39, 0.29) is 12.1 Å². The van der Waals surface area contributed by atoms with Crippen molar-refractivity contribution in [3.05, 3.63) is 11.9 Å². The quantitative estimate of drug-likeness (QED) is 0.858. The second-order valence-electron chi connectivity index (χ2n) is 4.35. The van der Waals surface area contributed by atoms with Crippen molar-refractivity contribution in [2.75, 3.05) is 6.61 Å². The lowest BCUT2D eigenvalue weighted by molar-refractivity contribution is 0.195. The van der Waals surface area contributed by atoms with E-state index >= 15 is 0 Å². The third-order valence-electron chi connectivity index (χ3n) is 2.98. The maximum atomic E-state index is 5.86. The molecule has 1 saturated carbocycles. The highest BCUT2D eigenvalue weighted by molar-refractivity contribution is 5.32. The van der Waals surface area contributed by atoms with E-state index in [1.807, 2.05) is 13.8 Å². The van der Waals surface area contributed by atoms with Gasteiger partial charge in [-0.2, -0.15) is 0 Å². The molecule has 94 valence electrons. The van der Waals surface area contributed by atoms with Crippen LogP contribution in [0.1, 0.15) is 31.7 Å². The van der Waals surface area contributed by atoms with Gasteiger partial charge in [0.25, 0.3) is 0 Å². The van der Waals surface area contributed by atoms with Crippen molar-refractivity contribution in [2.45, 2.75) is 45.3 Å². The smallest absolute Gasteiger partial charge is 0.223 e. The molecule has 0 amide bonds. The van der Waals surface area contributed by atoms with Gasteiger partial charge in [0.1, 0.15) is 12.4 Å². The topological polar surface area (TPSA) is 70.3 Å². The molecule has 2 rings (SSSR count). The Hall–Kier alpha value is -1.36. The number of nitrogens with two attached hydrogens (primary N) is 1. The predicted molar refractivity (Wildman–Crippen MR) is 64.2 cm³/mol. The summed E-state index contributed by atoms with van der Waals surface area (Å²) in [5.74, 6) is 1.21. The lowest BCUT2D eigenvalue weighted by atomic mass is 10.3. The lowest BCUT2D eigenvalue weighted by Gasteiger charge is -2.15. The third-order valence-corrected chi connectivity index (χ3v) is 2.98. The summed E-state index contributed by atoms with van der Waals surface area (Å²) in [6, 6.07) is 0.258. The van der Waals surface area contributed by atoms with Crippen LogP contribution in [0.25, 0.3) is 0 Å². The molecule has 17 heavy (non-hydrogen) atoms. The third kappa shape index (κ3) is 2.85. The van der Waals surface area contributed by atoms with Gasteiger partial charge in [-0.3, -0.25) is 0 Å². The molecule has 1 fully saturated rings. The monoisotopic (exact) mass is 237 g/mol. The fourth-order valence-electron chi connectivity index (χ4n) is 2.06. The summed E-state index contributed by atoms with van der Waals surface area (Å²) in [7, 11) is 0. The van der Waals surface area contributed by atoms with Crippen molar-refractivity contribution in [3.63, 3.8) is 0 Å². The van der Waals surface area contributed by atoms with Crippen LogP contribution in [0.3, 0.4) is 0 Å². The van der Waals surface area contributed by atoms with Gasteiger partial charge < -0.3 is 15.2 Å². The molecule has 1 aliphatic carbocycles. The summed E-state index contributed by atoms with van der Waals surface area (Å²) >= 11 is 0. The van der Waals surface area contributed by atoms with E-state index in [4.69, 9.17) is 15.2 Å². The molecule has 0 spiro atoms. The van der Waals surface area contributed by atoms with Crippen molar-refractivity contribution in [1.29, 1.82) is 0 Å². The molecule has 1 aromatic rings. The first-order valence-electron chi connectivity index (χ1n) is 6.07. The van der Waals surface area contributed by atoms with Gasteiger partial charge in [0.2, 0.25) is 11.8 Å². The summed E-state index contributed by atoms with van der Waals surface area (Å²) in [4.78, 5) is 8.24. The fraction of sp³-hybridized carbons (Fsp3) is 0.667. The normalized spacial score (nSPS) is 23.7. The SMILES string of the molecule is CCOc1ncnc(OC2CCC(N)C2)c1C. The molecular formula is C12H19N3O2. The minimum atomic E-state index is 0.174. The van der Waals surface area contributed by atoms with Crippen molar-refractivity contribution >= 4 is 0 Å². The largest absolute Gasteiger partial charge is 0.478 e. The molecular weight excluding hydrogens is 218 g/mol. The van der Waals surface area contributed by atoms with Crippen LogP contribution < -0.4 is 15.2 Å². The maximum absolute atomic E-state index is 5.86. The zero-order valence-electron chi connectivity index (χ0n) is 10.3. The Morgan fingerprint density at radius 2 is 2.12 bits per heavy atom. The van der Waals surface area contributed by atoms with Crippen LogP contribution >= 0.6 is 0 Å². The van der Waals surface area contributed by atoms with Crippen molar-refractivity contribution in [1.82, 2.24) is 9.97 Å². The summed E-state index contributed by atoms with van der Waals surface area (Å²) in [6.07, 6.45) is 4.56.